The van der Waals surface area contributed by atoms with Crippen molar-refractivity contribution in [1.82, 2.24) is 9.29 Å². The van der Waals surface area contributed by atoms with Crippen LogP contribution in [0, 0.1) is 0 Å². The minimum absolute atomic E-state index is 0.0899. The summed E-state index contributed by atoms with van der Waals surface area (Å²) < 4.78 is 33.8. The summed E-state index contributed by atoms with van der Waals surface area (Å²) in [4.78, 5) is 0.134. The van der Waals surface area contributed by atoms with Crippen molar-refractivity contribution in [1.29, 1.82) is 0 Å². The molecule has 1 heterocycles. The average Bonchev–Trinajstić information content (AvgIpc) is 2.92. The number of aromatic nitrogens is 1. The zero-order valence-electron chi connectivity index (χ0n) is 12.6. The van der Waals surface area contributed by atoms with Crippen LogP contribution in [0.25, 0.3) is 0 Å². The van der Waals surface area contributed by atoms with Crippen LogP contribution in [0.5, 0.6) is 5.75 Å². The Labute approximate surface area is 130 Å². The van der Waals surface area contributed by atoms with Gasteiger partial charge in [-0.05, 0) is 43.3 Å². The van der Waals surface area contributed by atoms with Crippen LogP contribution in [0.3, 0.4) is 0 Å². The van der Waals surface area contributed by atoms with E-state index in [-0.39, 0.29) is 11.4 Å². The second-order valence-corrected chi connectivity index (χ2v) is 6.58. The number of hydrogen-bond acceptors (Lipinski definition) is 4. The second-order valence-electron chi connectivity index (χ2n) is 4.82. The van der Waals surface area contributed by atoms with Gasteiger partial charge in [0.25, 0.3) is 0 Å². The first-order valence-corrected chi connectivity index (χ1v) is 8.44. The maximum absolute atomic E-state index is 12.2. The molecule has 0 amide bonds. The van der Waals surface area contributed by atoms with Gasteiger partial charge in [-0.25, -0.2) is 13.1 Å². The van der Waals surface area contributed by atoms with E-state index in [0.717, 1.165) is 0 Å². The van der Waals surface area contributed by atoms with Gasteiger partial charge in [0.05, 0.1) is 11.5 Å². The SMILES string of the molecule is CCOc1ccc(S(=O)(=O)NCC(O)c2cccn2C)cc1. The van der Waals surface area contributed by atoms with Crippen molar-refractivity contribution in [3.8, 4) is 5.75 Å². The number of sulfonamides is 1. The molecule has 7 heteroatoms. The van der Waals surface area contributed by atoms with Crippen LogP contribution >= 0.6 is 0 Å². The molecule has 0 saturated heterocycles. The number of nitrogens with zero attached hydrogens (tertiary/aromatic N) is 1. The number of aliphatic hydroxyl groups is 1. The van der Waals surface area contributed by atoms with Crippen LogP contribution in [0.15, 0.2) is 47.5 Å². The molecular weight excluding hydrogens is 304 g/mol. The molecule has 0 aliphatic carbocycles. The summed E-state index contributed by atoms with van der Waals surface area (Å²) in [5.41, 5.74) is 0.648. The summed E-state index contributed by atoms with van der Waals surface area (Å²) in [7, 11) is -1.87. The molecule has 0 saturated carbocycles. The third kappa shape index (κ3) is 3.88. The van der Waals surface area contributed by atoms with Gasteiger partial charge in [-0.3, -0.25) is 0 Å². The van der Waals surface area contributed by atoms with E-state index >= 15 is 0 Å². The van der Waals surface area contributed by atoms with Crippen LogP contribution in [0.4, 0.5) is 0 Å². The van der Waals surface area contributed by atoms with Crippen molar-refractivity contribution in [3.63, 3.8) is 0 Å². The summed E-state index contributed by atoms with van der Waals surface area (Å²) >= 11 is 0. The molecule has 2 N–H and O–H groups in total. The van der Waals surface area contributed by atoms with Gasteiger partial charge < -0.3 is 14.4 Å². The smallest absolute Gasteiger partial charge is 0.240 e. The number of benzene rings is 1. The molecule has 0 radical (unpaired) electrons. The molecule has 1 unspecified atom stereocenters. The first kappa shape index (κ1) is 16.5. The predicted molar refractivity (Wildman–Crippen MR) is 83.2 cm³/mol. The molecule has 1 aromatic heterocycles. The molecule has 120 valence electrons. The number of aryl methyl sites for hydroxylation is 1. The lowest BCUT2D eigenvalue weighted by molar-refractivity contribution is 0.173. The molecule has 0 aliphatic heterocycles. The molecule has 0 aliphatic rings. The van der Waals surface area contributed by atoms with Crippen LogP contribution in [-0.4, -0.2) is 31.2 Å². The number of ether oxygens (including phenoxy) is 1. The Morgan fingerprint density at radius 2 is 1.95 bits per heavy atom. The van der Waals surface area contributed by atoms with E-state index in [2.05, 4.69) is 4.72 Å². The first-order chi connectivity index (χ1) is 10.4. The highest BCUT2D eigenvalue weighted by Gasteiger charge is 2.17. The van der Waals surface area contributed by atoms with E-state index < -0.39 is 16.1 Å². The normalized spacial score (nSPS) is 13.0. The van der Waals surface area contributed by atoms with Crippen molar-refractivity contribution >= 4 is 10.0 Å². The van der Waals surface area contributed by atoms with Gasteiger partial charge in [-0.1, -0.05) is 0 Å². The standard InChI is InChI=1S/C15H20N2O4S/c1-3-21-12-6-8-13(9-7-12)22(19,20)16-11-15(18)14-5-4-10-17(14)2/h4-10,15-16,18H,3,11H2,1-2H3. The van der Waals surface area contributed by atoms with Crippen LogP contribution in [0.1, 0.15) is 18.7 Å². The monoisotopic (exact) mass is 324 g/mol. The van der Waals surface area contributed by atoms with Crippen molar-refractivity contribution in [3.05, 3.63) is 48.3 Å². The number of aliphatic hydroxyl groups excluding tert-OH is 1. The highest BCUT2D eigenvalue weighted by molar-refractivity contribution is 7.89. The lowest BCUT2D eigenvalue weighted by Gasteiger charge is -2.13. The van der Waals surface area contributed by atoms with Gasteiger partial charge in [-0.15, -0.1) is 0 Å². The van der Waals surface area contributed by atoms with Crippen LogP contribution in [0.2, 0.25) is 0 Å². The largest absolute Gasteiger partial charge is 0.494 e. The van der Waals surface area contributed by atoms with E-state index in [1.807, 2.05) is 6.92 Å². The third-order valence-electron chi connectivity index (χ3n) is 3.24. The third-order valence-corrected chi connectivity index (χ3v) is 4.68. The lowest BCUT2D eigenvalue weighted by atomic mass is 10.2. The van der Waals surface area contributed by atoms with Crippen LogP contribution in [-0.2, 0) is 17.1 Å². The lowest BCUT2D eigenvalue weighted by Crippen LogP contribution is -2.29. The molecule has 0 fully saturated rings. The average molecular weight is 324 g/mol. The first-order valence-electron chi connectivity index (χ1n) is 6.96. The highest BCUT2D eigenvalue weighted by Crippen LogP contribution is 2.17. The zero-order valence-corrected chi connectivity index (χ0v) is 13.4. The Hall–Kier alpha value is -1.83. The summed E-state index contributed by atoms with van der Waals surface area (Å²) in [5, 5.41) is 10.0. The zero-order chi connectivity index (χ0) is 16.2. The Bertz CT molecular complexity index is 707. The topological polar surface area (TPSA) is 80.6 Å². The molecule has 22 heavy (non-hydrogen) atoms. The summed E-state index contributed by atoms with van der Waals surface area (Å²) in [5.74, 6) is 0.616. The predicted octanol–water partition coefficient (Wildman–Crippen LogP) is 1.44. The van der Waals surface area contributed by atoms with Gasteiger partial charge in [0.1, 0.15) is 11.9 Å². The molecular formula is C15H20N2O4S. The van der Waals surface area contributed by atoms with E-state index in [9.17, 15) is 13.5 Å². The Morgan fingerprint density at radius 3 is 2.50 bits per heavy atom. The molecule has 1 aromatic carbocycles. The maximum Gasteiger partial charge on any atom is 0.240 e. The van der Waals surface area contributed by atoms with Crippen molar-refractivity contribution in [2.45, 2.75) is 17.9 Å². The van der Waals surface area contributed by atoms with Gasteiger partial charge in [0, 0.05) is 25.5 Å². The molecule has 0 bridgehead atoms. The van der Waals surface area contributed by atoms with Gasteiger partial charge in [-0.2, -0.15) is 0 Å². The Balaban J connectivity index is 2.03. The van der Waals surface area contributed by atoms with E-state index in [0.29, 0.717) is 18.1 Å². The number of hydrogen-bond donors (Lipinski definition) is 2. The van der Waals surface area contributed by atoms with Gasteiger partial charge in [0.2, 0.25) is 10.0 Å². The Kier molecular flexibility index (Phi) is 5.23. The molecule has 2 aromatic rings. The van der Waals surface area contributed by atoms with Gasteiger partial charge in [0.15, 0.2) is 0 Å². The van der Waals surface area contributed by atoms with E-state index in [4.69, 9.17) is 4.74 Å². The maximum atomic E-state index is 12.2. The minimum atomic E-state index is -3.67. The van der Waals surface area contributed by atoms with Gasteiger partial charge >= 0.3 is 0 Å². The van der Waals surface area contributed by atoms with Crippen molar-refractivity contribution < 1.29 is 18.3 Å². The highest BCUT2D eigenvalue weighted by atomic mass is 32.2. The summed E-state index contributed by atoms with van der Waals surface area (Å²) in [6.45, 7) is 2.29. The molecule has 0 spiro atoms. The van der Waals surface area contributed by atoms with Crippen molar-refractivity contribution in [2.75, 3.05) is 13.2 Å². The number of nitrogens with one attached hydrogen (secondary N) is 1. The fourth-order valence-corrected chi connectivity index (χ4v) is 3.12. The number of rotatable bonds is 7. The van der Waals surface area contributed by atoms with Crippen LogP contribution < -0.4 is 9.46 Å². The van der Waals surface area contributed by atoms with Crippen molar-refractivity contribution in [2.24, 2.45) is 7.05 Å². The second kappa shape index (κ2) is 6.95. The molecule has 2 rings (SSSR count). The fourth-order valence-electron chi connectivity index (χ4n) is 2.08. The minimum Gasteiger partial charge on any atom is -0.494 e. The quantitative estimate of drug-likeness (QED) is 0.807. The molecule has 1 atom stereocenters. The Morgan fingerprint density at radius 1 is 1.27 bits per heavy atom. The van der Waals surface area contributed by atoms with E-state index in [1.165, 1.54) is 12.1 Å². The fraction of sp³-hybridized carbons (Fsp3) is 0.333. The molecule has 6 nitrogen and oxygen atoms in total. The summed E-state index contributed by atoms with van der Waals surface area (Å²) in [6, 6.07) is 9.69. The summed E-state index contributed by atoms with van der Waals surface area (Å²) in [6.07, 6.45) is 0.886. The van der Waals surface area contributed by atoms with E-state index in [1.54, 1.807) is 42.1 Å².